The van der Waals surface area contributed by atoms with Crippen LogP contribution in [0.25, 0.3) is 5.69 Å². The van der Waals surface area contributed by atoms with E-state index in [1.165, 1.54) is 5.56 Å². The van der Waals surface area contributed by atoms with Crippen molar-refractivity contribution < 1.29 is 4.74 Å². The zero-order chi connectivity index (χ0) is 13.1. The van der Waals surface area contributed by atoms with Gasteiger partial charge in [0.15, 0.2) is 0 Å². The Labute approximate surface area is 112 Å². The van der Waals surface area contributed by atoms with E-state index in [0.29, 0.717) is 6.04 Å². The Morgan fingerprint density at radius 1 is 1.37 bits per heavy atom. The van der Waals surface area contributed by atoms with Crippen molar-refractivity contribution in [1.29, 1.82) is 0 Å². The number of rotatable bonds is 3. The van der Waals surface area contributed by atoms with Gasteiger partial charge >= 0.3 is 0 Å². The summed E-state index contributed by atoms with van der Waals surface area (Å²) in [4.78, 5) is 1.64. The minimum absolute atomic E-state index is 0.250. The van der Waals surface area contributed by atoms with E-state index in [1.807, 2.05) is 12.1 Å². The van der Waals surface area contributed by atoms with Crippen molar-refractivity contribution in [3.8, 4) is 5.69 Å². The zero-order valence-electron chi connectivity index (χ0n) is 11.0. The summed E-state index contributed by atoms with van der Waals surface area (Å²) in [6.07, 6.45) is 4.58. The van der Waals surface area contributed by atoms with Gasteiger partial charge in [0.25, 0.3) is 0 Å². The van der Waals surface area contributed by atoms with Gasteiger partial charge in [-0.05, 0) is 31.0 Å². The van der Waals surface area contributed by atoms with Gasteiger partial charge in [-0.1, -0.05) is 12.1 Å². The van der Waals surface area contributed by atoms with E-state index in [2.05, 4.69) is 34.6 Å². The van der Waals surface area contributed by atoms with Crippen LogP contribution in [0.5, 0.6) is 0 Å². The van der Waals surface area contributed by atoms with Crippen LogP contribution in [0.15, 0.2) is 36.7 Å². The van der Waals surface area contributed by atoms with E-state index < -0.39 is 0 Å². The highest BCUT2D eigenvalue weighted by Crippen LogP contribution is 2.14. The maximum Gasteiger partial charge on any atom is 0.0859 e. The SMILES string of the molecule is C[C@H]1OCCN[C@@H]1Cc1cccc(-n2nccn2)c1. The lowest BCUT2D eigenvalue weighted by Crippen LogP contribution is -2.48. The predicted molar refractivity (Wildman–Crippen MR) is 72.3 cm³/mol. The van der Waals surface area contributed by atoms with Crippen LogP contribution in [-0.2, 0) is 11.2 Å². The number of benzene rings is 1. The van der Waals surface area contributed by atoms with Crippen LogP contribution < -0.4 is 5.32 Å². The van der Waals surface area contributed by atoms with Gasteiger partial charge in [0.2, 0.25) is 0 Å². The summed E-state index contributed by atoms with van der Waals surface area (Å²) in [5.41, 5.74) is 2.26. The van der Waals surface area contributed by atoms with Gasteiger partial charge in [-0.3, -0.25) is 0 Å². The first-order chi connectivity index (χ1) is 9.33. The molecule has 2 aromatic rings. The van der Waals surface area contributed by atoms with Crippen LogP contribution in [0.2, 0.25) is 0 Å². The highest BCUT2D eigenvalue weighted by Gasteiger charge is 2.21. The Morgan fingerprint density at radius 2 is 2.21 bits per heavy atom. The molecule has 3 rings (SSSR count). The van der Waals surface area contributed by atoms with Crippen molar-refractivity contribution in [2.75, 3.05) is 13.2 Å². The number of nitrogens with zero attached hydrogens (tertiary/aromatic N) is 3. The minimum atomic E-state index is 0.250. The summed E-state index contributed by atoms with van der Waals surface area (Å²) in [6.45, 7) is 3.85. The molecule has 1 aromatic heterocycles. The summed E-state index contributed by atoms with van der Waals surface area (Å²) in [6, 6.07) is 8.69. The molecule has 0 amide bonds. The van der Waals surface area contributed by atoms with Gasteiger partial charge in [0.05, 0.1) is 30.8 Å². The highest BCUT2D eigenvalue weighted by molar-refractivity contribution is 5.34. The second-order valence-corrected chi connectivity index (χ2v) is 4.83. The number of nitrogens with one attached hydrogen (secondary N) is 1. The van der Waals surface area contributed by atoms with Crippen molar-refractivity contribution in [3.05, 3.63) is 42.2 Å². The molecule has 0 radical (unpaired) electrons. The molecular formula is C14H18N4O. The average molecular weight is 258 g/mol. The monoisotopic (exact) mass is 258 g/mol. The molecular weight excluding hydrogens is 240 g/mol. The molecule has 1 aliphatic heterocycles. The van der Waals surface area contributed by atoms with Gasteiger partial charge in [-0.15, -0.1) is 0 Å². The van der Waals surface area contributed by atoms with Crippen LogP contribution in [0.1, 0.15) is 12.5 Å². The fourth-order valence-electron chi connectivity index (χ4n) is 2.42. The Bertz CT molecular complexity index is 526. The van der Waals surface area contributed by atoms with Crippen molar-refractivity contribution in [3.63, 3.8) is 0 Å². The van der Waals surface area contributed by atoms with Crippen LogP contribution in [0, 0.1) is 0 Å². The molecule has 19 heavy (non-hydrogen) atoms. The lowest BCUT2D eigenvalue weighted by molar-refractivity contribution is 0.00841. The second-order valence-electron chi connectivity index (χ2n) is 4.83. The maximum atomic E-state index is 5.67. The van der Waals surface area contributed by atoms with Crippen molar-refractivity contribution in [2.45, 2.75) is 25.5 Å². The molecule has 2 heterocycles. The quantitative estimate of drug-likeness (QED) is 0.898. The van der Waals surface area contributed by atoms with Crippen LogP contribution in [0.4, 0.5) is 0 Å². The number of aromatic nitrogens is 3. The van der Waals surface area contributed by atoms with E-state index in [-0.39, 0.29) is 6.10 Å². The third-order valence-electron chi connectivity index (χ3n) is 3.47. The smallest absolute Gasteiger partial charge is 0.0859 e. The van der Waals surface area contributed by atoms with E-state index in [1.54, 1.807) is 17.2 Å². The molecule has 0 bridgehead atoms. The molecule has 0 unspecified atom stereocenters. The summed E-state index contributed by atoms with van der Waals surface area (Å²) < 4.78 is 5.67. The normalized spacial score (nSPS) is 23.4. The number of morpholine rings is 1. The fraction of sp³-hybridized carbons (Fsp3) is 0.429. The Morgan fingerprint density at radius 3 is 3.00 bits per heavy atom. The molecule has 1 aromatic carbocycles. The molecule has 2 atom stereocenters. The van der Waals surface area contributed by atoms with E-state index >= 15 is 0 Å². The Hall–Kier alpha value is -1.72. The number of hydrogen-bond acceptors (Lipinski definition) is 4. The fourth-order valence-corrected chi connectivity index (χ4v) is 2.42. The molecule has 0 saturated carbocycles. The molecule has 5 heteroatoms. The zero-order valence-corrected chi connectivity index (χ0v) is 11.0. The molecule has 5 nitrogen and oxygen atoms in total. The Kier molecular flexibility index (Phi) is 3.57. The second kappa shape index (κ2) is 5.50. The molecule has 0 spiro atoms. The Balaban J connectivity index is 1.76. The van der Waals surface area contributed by atoms with Crippen LogP contribution in [-0.4, -0.2) is 40.3 Å². The molecule has 1 N–H and O–H groups in total. The van der Waals surface area contributed by atoms with Crippen molar-refractivity contribution in [2.24, 2.45) is 0 Å². The standard InChI is InChI=1S/C14H18N4O/c1-11-14(15-7-8-19-11)10-12-3-2-4-13(9-12)18-16-5-6-17-18/h2-6,9,11,14-15H,7-8,10H2,1H3/t11-,14-/m1/s1. The van der Waals surface area contributed by atoms with Gasteiger partial charge in [-0.25, -0.2) is 0 Å². The largest absolute Gasteiger partial charge is 0.376 e. The molecule has 1 fully saturated rings. The topological polar surface area (TPSA) is 52.0 Å². The van der Waals surface area contributed by atoms with Crippen LogP contribution >= 0.6 is 0 Å². The first-order valence-corrected chi connectivity index (χ1v) is 6.63. The lowest BCUT2D eigenvalue weighted by Gasteiger charge is -2.30. The van der Waals surface area contributed by atoms with Crippen molar-refractivity contribution in [1.82, 2.24) is 20.3 Å². The third-order valence-corrected chi connectivity index (χ3v) is 3.47. The summed E-state index contributed by atoms with van der Waals surface area (Å²) in [5, 5.41) is 11.8. The highest BCUT2D eigenvalue weighted by atomic mass is 16.5. The summed E-state index contributed by atoms with van der Waals surface area (Å²) in [5.74, 6) is 0. The first kappa shape index (κ1) is 12.3. The van der Waals surface area contributed by atoms with E-state index in [9.17, 15) is 0 Å². The van der Waals surface area contributed by atoms with Gasteiger partial charge in [0.1, 0.15) is 0 Å². The molecule has 0 aliphatic carbocycles. The number of hydrogen-bond donors (Lipinski definition) is 1. The minimum Gasteiger partial charge on any atom is -0.376 e. The molecule has 1 saturated heterocycles. The van der Waals surface area contributed by atoms with Gasteiger partial charge < -0.3 is 10.1 Å². The van der Waals surface area contributed by atoms with Crippen molar-refractivity contribution >= 4 is 0 Å². The first-order valence-electron chi connectivity index (χ1n) is 6.63. The predicted octanol–water partition coefficient (Wildman–Crippen LogP) is 1.19. The summed E-state index contributed by atoms with van der Waals surface area (Å²) >= 11 is 0. The van der Waals surface area contributed by atoms with E-state index in [4.69, 9.17) is 4.74 Å². The van der Waals surface area contributed by atoms with E-state index in [0.717, 1.165) is 25.3 Å². The van der Waals surface area contributed by atoms with Crippen LogP contribution in [0.3, 0.4) is 0 Å². The average Bonchev–Trinajstić information content (AvgIpc) is 2.96. The van der Waals surface area contributed by atoms with Gasteiger partial charge in [0, 0.05) is 12.6 Å². The lowest BCUT2D eigenvalue weighted by atomic mass is 10.0. The maximum absolute atomic E-state index is 5.67. The molecule has 100 valence electrons. The number of ether oxygens (including phenoxy) is 1. The summed E-state index contributed by atoms with van der Waals surface area (Å²) in [7, 11) is 0. The van der Waals surface area contributed by atoms with Gasteiger partial charge in [-0.2, -0.15) is 15.0 Å². The third kappa shape index (κ3) is 2.83. The molecule has 1 aliphatic rings.